The van der Waals surface area contributed by atoms with Crippen LogP contribution in [-0.2, 0) is 6.54 Å². The van der Waals surface area contributed by atoms with E-state index in [0.717, 1.165) is 12.1 Å². The van der Waals surface area contributed by atoms with E-state index in [-0.39, 0.29) is 0 Å². The fourth-order valence-electron chi connectivity index (χ4n) is 3.88. The first-order valence-corrected chi connectivity index (χ1v) is 9.19. The minimum atomic E-state index is 0.927. The number of hydrogen-bond donors (Lipinski definition) is 0. The fourth-order valence-corrected chi connectivity index (χ4v) is 5.24. The van der Waals surface area contributed by atoms with E-state index in [1.54, 1.807) is 0 Å². The summed E-state index contributed by atoms with van der Waals surface area (Å²) in [6, 6.07) is 23.5. The van der Waals surface area contributed by atoms with E-state index in [9.17, 15) is 0 Å². The first-order chi connectivity index (χ1) is 12.4. The lowest BCUT2D eigenvalue weighted by Gasteiger charge is -2.04. The van der Waals surface area contributed by atoms with Gasteiger partial charge in [0.2, 0.25) is 0 Å². The molecular formula is C21H14N3S+. The second kappa shape index (κ2) is 4.77. The normalized spacial score (nSPS) is 12.6. The highest BCUT2D eigenvalue weighted by molar-refractivity contribution is 7.21. The van der Waals surface area contributed by atoms with Gasteiger partial charge in [-0.25, -0.2) is 4.98 Å². The van der Waals surface area contributed by atoms with Gasteiger partial charge in [0, 0.05) is 17.4 Å². The van der Waals surface area contributed by atoms with Crippen LogP contribution in [-0.4, -0.2) is 9.55 Å². The van der Waals surface area contributed by atoms with Crippen molar-refractivity contribution in [3.63, 3.8) is 0 Å². The van der Waals surface area contributed by atoms with Gasteiger partial charge in [0.05, 0.1) is 11.1 Å². The molecule has 4 heteroatoms. The lowest BCUT2D eigenvalue weighted by atomic mass is 10.1. The Hall–Kier alpha value is -2.98. The zero-order valence-electron chi connectivity index (χ0n) is 13.4. The number of pyridine rings is 1. The summed E-state index contributed by atoms with van der Waals surface area (Å²) in [6.45, 7) is 0.927. The van der Waals surface area contributed by atoms with Gasteiger partial charge in [-0.2, -0.15) is 4.57 Å². The number of para-hydroxylation sites is 1. The lowest BCUT2D eigenvalue weighted by molar-refractivity contribution is -0.641. The molecule has 0 atom stereocenters. The first-order valence-electron chi connectivity index (χ1n) is 8.37. The Labute approximate surface area is 148 Å². The van der Waals surface area contributed by atoms with Crippen molar-refractivity contribution in [2.45, 2.75) is 6.54 Å². The third-order valence-electron chi connectivity index (χ3n) is 4.96. The average molecular weight is 340 g/mol. The molecule has 0 saturated carbocycles. The number of benzene rings is 2. The molecule has 1 aliphatic rings. The minimum Gasteiger partial charge on any atom is -0.294 e. The molecule has 0 saturated heterocycles. The Bertz CT molecular complexity index is 1260. The second-order valence-electron chi connectivity index (χ2n) is 6.35. The Morgan fingerprint density at radius 2 is 1.76 bits per heavy atom. The van der Waals surface area contributed by atoms with Crippen LogP contribution in [0.3, 0.4) is 0 Å². The Balaban J connectivity index is 1.78. The van der Waals surface area contributed by atoms with E-state index in [4.69, 9.17) is 4.98 Å². The van der Waals surface area contributed by atoms with Crippen molar-refractivity contribution in [2.75, 3.05) is 0 Å². The van der Waals surface area contributed by atoms with Gasteiger partial charge in [-0.15, -0.1) is 0 Å². The molecule has 0 N–H and O–H groups in total. The third kappa shape index (κ3) is 1.69. The van der Waals surface area contributed by atoms with E-state index in [0.29, 0.717) is 0 Å². The molecule has 2 aromatic carbocycles. The zero-order valence-corrected chi connectivity index (χ0v) is 14.2. The number of fused-ring (bicyclic) bond motifs is 7. The summed E-state index contributed by atoms with van der Waals surface area (Å²) in [5, 5.41) is 1.33. The molecule has 0 radical (unpaired) electrons. The quantitative estimate of drug-likeness (QED) is 0.402. The molecule has 0 bridgehead atoms. The summed E-state index contributed by atoms with van der Waals surface area (Å²) >= 11 is 1.86. The predicted octanol–water partition coefficient (Wildman–Crippen LogP) is 4.56. The van der Waals surface area contributed by atoms with Crippen molar-refractivity contribution in [3.05, 3.63) is 78.5 Å². The fraction of sp³-hybridized carbons (Fsp3) is 0.0476. The minimum absolute atomic E-state index is 0.927. The molecule has 0 fully saturated rings. The smallest absolute Gasteiger partial charge is 0.272 e. The third-order valence-corrected chi connectivity index (χ3v) is 6.16. The number of nitrogens with zero attached hydrogens (tertiary/aromatic N) is 3. The van der Waals surface area contributed by atoms with Crippen LogP contribution in [0, 0.1) is 0 Å². The van der Waals surface area contributed by atoms with Gasteiger partial charge in [-0.05, 0) is 41.7 Å². The molecule has 5 aromatic rings. The first kappa shape index (κ1) is 13.3. The largest absolute Gasteiger partial charge is 0.294 e. The monoisotopic (exact) mass is 340 g/mol. The van der Waals surface area contributed by atoms with Crippen molar-refractivity contribution < 1.29 is 4.57 Å². The Kier molecular flexibility index (Phi) is 2.54. The lowest BCUT2D eigenvalue weighted by Crippen LogP contribution is -2.30. The van der Waals surface area contributed by atoms with Crippen molar-refractivity contribution in [2.24, 2.45) is 0 Å². The standard InChI is InChI=1S/C21H14N3S/c1-2-8-15(9-3-1)24-17-11-6-12-22-18(17)19-21(24)25-20-16-10-5-4-7-14(16)13-23(19)20/h1-12H,13H2/q+1. The molecule has 0 spiro atoms. The zero-order chi connectivity index (χ0) is 16.4. The molecule has 6 rings (SSSR count). The van der Waals surface area contributed by atoms with Crippen molar-refractivity contribution in [3.8, 4) is 16.3 Å². The molecule has 0 amide bonds. The molecule has 0 unspecified atom stereocenters. The summed E-state index contributed by atoms with van der Waals surface area (Å²) in [4.78, 5) is 6.00. The average Bonchev–Trinajstić information content (AvgIpc) is 3.29. The van der Waals surface area contributed by atoms with Crippen molar-refractivity contribution in [1.29, 1.82) is 0 Å². The van der Waals surface area contributed by atoms with Crippen LogP contribution in [0.1, 0.15) is 5.56 Å². The summed E-state index contributed by atoms with van der Waals surface area (Å²) in [6.07, 6.45) is 1.89. The summed E-state index contributed by atoms with van der Waals surface area (Å²) in [5.41, 5.74) is 7.43. The van der Waals surface area contributed by atoms with Crippen LogP contribution in [0.15, 0.2) is 72.9 Å². The van der Waals surface area contributed by atoms with E-state index in [2.05, 4.69) is 69.8 Å². The molecule has 118 valence electrons. The van der Waals surface area contributed by atoms with E-state index in [1.165, 1.54) is 37.7 Å². The van der Waals surface area contributed by atoms with Crippen LogP contribution >= 0.6 is 11.3 Å². The van der Waals surface area contributed by atoms with Gasteiger partial charge >= 0.3 is 0 Å². The maximum atomic E-state index is 4.73. The summed E-state index contributed by atoms with van der Waals surface area (Å²) in [7, 11) is 0. The molecule has 3 nitrogen and oxygen atoms in total. The topological polar surface area (TPSA) is 21.7 Å². The van der Waals surface area contributed by atoms with Crippen LogP contribution in [0.4, 0.5) is 0 Å². The Morgan fingerprint density at radius 1 is 0.920 bits per heavy atom. The van der Waals surface area contributed by atoms with E-state index in [1.807, 2.05) is 23.6 Å². The van der Waals surface area contributed by atoms with Gasteiger partial charge in [0.15, 0.2) is 16.9 Å². The van der Waals surface area contributed by atoms with Gasteiger partial charge < -0.3 is 0 Å². The second-order valence-corrected chi connectivity index (χ2v) is 7.32. The molecule has 3 aromatic heterocycles. The van der Waals surface area contributed by atoms with Crippen molar-refractivity contribution >= 4 is 32.7 Å². The molecule has 25 heavy (non-hydrogen) atoms. The molecule has 0 aliphatic carbocycles. The van der Waals surface area contributed by atoms with Gasteiger partial charge in [0.1, 0.15) is 0 Å². The van der Waals surface area contributed by atoms with Gasteiger partial charge in [-0.1, -0.05) is 36.4 Å². The highest BCUT2D eigenvalue weighted by atomic mass is 32.1. The molecule has 4 heterocycles. The van der Waals surface area contributed by atoms with E-state index >= 15 is 0 Å². The van der Waals surface area contributed by atoms with Crippen molar-refractivity contribution in [1.82, 2.24) is 9.55 Å². The summed E-state index contributed by atoms with van der Waals surface area (Å²) in [5.74, 6) is 0. The number of rotatable bonds is 1. The Morgan fingerprint density at radius 3 is 2.68 bits per heavy atom. The van der Waals surface area contributed by atoms with Gasteiger partial charge in [-0.3, -0.25) is 4.57 Å². The highest BCUT2D eigenvalue weighted by Gasteiger charge is 2.35. The van der Waals surface area contributed by atoms with Crippen LogP contribution in [0.25, 0.3) is 37.6 Å². The maximum Gasteiger partial charge on any atom is 0.272 e. The molecular weight excluding hydrogens is 326 g/mol. The van der Waals surface area contributed by atoms with Crippen LogP contribution < -0.4 is 4.57 Å². The van der Waals surface area contributed by atoms with Crippen LogP contribution in [0.5, 0.6) is 0 Å². The van der Waals surface area contributed by atoms with Gasteiger partial charge in [0.25, 0.3) is 10.5 Å². The number of thiazole rings is 1. The maximum absolute atomic E-state index is 4.73. The molecule has 1 aliphatic heterocycles. The van der Waals surface area contributed by atoms with E-state index < -0.39 is 0 Å². The number of aromatic nitrogens is 3. The number of hydrogen-bond acceptors (Lipinski definition) is 2. The summed E-state index contributed by atoms with van der Waals surface area (Å²) < 4.78 is 4.77. The predicted molar refractivity (Wildman–Crippen MR) is 101 cm³/mol. The SMILES string of the molecule is c1ccc(-n2c3cccnc3c3c2sc2[n+]3Cc3ccccc3-2)cc1. The highest BCUT2D eigenvalue weighted by Crippen LogP contribution is 2.40. The van der Waals surface area contributed by atoms with Crippen LogP contribution in [0.2, 0.25) is 0 Å².